The Hall–Kier alpha value is -1.88. The molecule has 1 aromatic heterocycles. The summed E-state index contributed by atoms with van der Waals surface area (Å²) in [5.41, 5.74) is 0. The monoisotopic (exact) mass is 310 g/mol. The predicted octanol–water partition coefficient (Wildman–Crippen LogP) is -0.173. The van der Waals surface area contributed by atoms with Crippen LogP contribution in [0.15, 0.2) is 11.1 Å². The zero-order chi connectivity index (χ0) is 14.2. The van der Waals surface area contributed by atoms with Crippen LogP contribution >= 0.6 is 10.7 Å². The van der Waals surface area contributed by atoms with Crippen molar-refractivity contribution in [3.8, 4) is 0 Å². The summed E-state index contributed by atoms with van der Waals surface area (Å²) in [7, 11) is 0.799. The quantitative estimate of drug-likeness (QED) is 0.463. The molecule has 0 radical (unpaired) electrons. The van der Waals surface area contributed by atoms with Crippen molar-refractivity contribution in [3.05, 3.63) is 16.3 Å². The summed E-state index contributed by atoms with van der Waals surface area (Å²) < 4.78 is 28.1. The van der Waals surface area contributed by atoms with Crippen LogP contribution in [-0.4, -0.2) is 41.9 Å². The van der Waals surface area contributed by atoms with Crippen LogP contribution in [0.5, 0.6) is 0 Å². The average molecular weight is 311 g/mol. The molecule has 0 bridgehead atoms. The molecule has 104 valence electrons. The highest BCUT2D eigenvalue weighted by molar-refractivity contribution is 8.13. The Labute approximate surface area is 110 Å². The van der Waals surface area contributed by atoms with Crippen molar-refractivity contribution in [1.29, 1.82) is 0 Å². The molecule has 1 saturated heterocycles. The highest BCUT2D eigenvalue weighted by Gasteiger charge is 2.32. The number of aromatic nitrogens is 2. The standard InChI is InChI=1S/C7H7ClN4O6S/c8-19(16,17)5-3-11(10-6(5)12(14)15)2-4-1-9-7(13)18-4/h3-4H,1-2H2,(H,9,13). The molecule has 10 nitrogen and oxygen atoms in total. The van der Waals surface area contributed by atoms with E-state index in [0.29, 0.717) is 0 Å². The van der Waals surface area contributed by atoms with Crippen LogP contribution in [0.2, 0.25) is 0 Å². The second kappa shape index (κ2) is 4.66. The van der Waals surface area contributed by atoms with Crippen LogP contribution in [0.3, 0.4) is 0 Å². The fourth-order valence-corrected chi connectivity index (χ4v) is 2.43. The molecule has 1 aliphatic heterocycles. The first-order valence-corrected chi connectivity index (χ1v) is 7.19. The summed E-state index contributed by atoms with van der Waals surface area (Å²) in [6.45, 7) is 0.182. The normalized spacial score (nSPS) is 19.0. The maximum atomic E-state index is 11.2. The number of nitrogens with one attached hydrogen (secondary N) is 1. The van der Waals surface area contributed by atoms with Gasteiger partial charge in [0.2, 0.25) is 4.90 Å². The number of carbonyl (C=O) groups excluding carboxylic acids is 1. The summed E-state index contributed by atoms with van der Waals surface area (Å²) in [5, 5.41) is 16.6. The van der Waals surface area contributed by atoms with Crippen LogP contribution in [0.4, 0.5) is 10.6 Å². The summed E-state index contributed by atoms with van der Waals surface area (Å²) in [5.74, 6) is -0.868. The van der Waals surface area contributed by atoms with Crippen LogP contribution in [0, 0.1) is 10.1 Å². The van der Waals surface area contributed by atoms with E-state index in [1.807, 2.05) is 0 Å². The fraction of sp³-hybridized carbons (Fsp3) is 0.429. The van der Waals surface area contributed by atoms with E-state index >= 15 is 0 Å². The van der Waals surface area contributed by atoms with E-state index in [-0.39, 0.29) is 13.1 Å². The number of amides is 1. The van der Waals surface area contributed by atoms with E-state index in [1.54, 1.807) is 0 Å². The molecule has 1 atom stereocenters. The summed E-state index contributed by atoms with van der Waals surface area (Å²) >= 11 is 0. The number of halogens is 1. The van der Waals surface area contributed by atoms with Crippen molar-refractivity contribution in [2.75, 3.05) is 6.54 Å². The minimum atomic E-state index is -4.28. The smallest absolute Gasteiger partial charge is 0.410 e. The molecule has 1 unspecified atom stereocenters. The number of alkyl carbamates (subject to hydrolysis) is 1. The summed E-state index contributed by atoms with van der Waals surface area (Å²) in [6.07, 6.45) is -0.276. The number of hydrogen-bond donors (Lipinski definition) is 1. The second-order valence-corrected chi connectivity index (χ2v) is 6.18. The van der Waals surface area contributed by atoms with Gasteiger partial charge in [0.1, 0.15) is 12.6 Å². The SMILES string of the molecule is O=C1NCC(Cn2cc(S(=O)(=O)Cl)c([N+](=O)[O-])n2)O1. The largest absolute Gasteiger partial charge is 0.442 e. The van der Waals surface area contributed by atoms with Crippen molar-refractivity contribution in [2.24, 2.45) is 0 Å². The molecule has 1 aromatic rings. The highest BCUT2D eigenvalue weighted by atomic mass is 35.7. The van der Waals surface area contributed by atoms with Gasteiger partial charge in [-0.2, -0.15) is 4.68 Å². The Morgan fingerprint density at radius 2 is 2.37 bits per heavy atom. The molecule has 12 heteroatoms. The van der Waals surface area contributed by atoms with Gasteiger partial charge in [-0.25, -0.2) is 13.2 Å². The number of nitro groups is 1. The number of nitrogens with zero attached hydrogens (tertiary/aromatic N) is 3. The van der Waals surface area contributed by atoms with Crippen LogP contribution in [0.1, 0.15) is 0 Å². The maximum Gasteiger partial charge on any atom is 0.410 e. The van der Waals surface area contributed by atoms with Crippen LogP contribution in [0.25, 0.3) is 0 Å². The summed E-state index contributed by atoms with van der Waals surface area (Å²) in [4.78, 5) is 19.8. The molecular weight excluding hydrogens is 304 g/mol. The number of rotatable bonds is 4. The second-order valence-electron chi connectivity index (χ2n) is 3.64. The fourth-order valence-electron chi connectivity index (χ4n) is 1.53. The molecule has 1 amide bonds. The van der Waals surface area contributed by atoms with E-state index < -0.39 is 36.9 Å². The highest BCUT2D eigenvalue weighted by Crippen LogP contribution is 2.25. The van der Waals surface area contributed by atoms with Crippen LogP contribution < -0.4 is 5.32 Å². The lowest BCUT2D eigenvalue weighted by Gasteiger charge is -2.03. The van der Waals surface area contributed by atoms with Gasteiger partial charge < -0.3 is 20.2 Å². The van der Waals surface area contributed by atoms with Crippen molar-refractivity contribution >= 4 is 31.6 Å². The molecule has 1 aliphatic rings. The van der Waals surface area contributed by atoms with E-state index in [2.05, 4.69) is 10.4 Å². The van der Waals surface area contributed by atoms with Gasteiger partial charge in [0.25, 0.3) is 9.05 Å². The Kier molecular flexibility index (Phi) is 3.32. The minimum absolute atomic E-state index is 0.0218. The van der Waals surface area contributed by atoms with E-state index in [4.69, 9.17) is 15.4 Å². The number of hydrogen-bond acceptors (Lipinski definition) is 7. The van der Waals surface area contributed by atoms with Gasteiger partial charge in [0.15, 0.2) is 0 Å². The van der Waals surface area contributed by atoms with Gasteiger partial charge >= 0.3 is 11.9 Å². The van der Waals surface area contributed by atoms with Gasteiger partial charge in [-0.05, 0) is 4.92 Å². The molecule has 1 fully saturated rings. The lowest BCUT2D eigenvalue weighted by Crippen LogP contribution is -2.20. The molecule has 0 aliphatic carbocycles. The maximum absolute atomic E-state index is 11.2. The molecule has 0 spiro atoms. The molecule has 2 rings (SSSR count). The third-order valence-electron chi connectivity index (χ3n) is 2.28. The van der Waals surface area contributed by atoms with Crippen molar-refractivity contribution < 1.29 is 22.9 Å². The van der Waals surface area contributed by atoms with E-state index in [9.17, 15) is 23.3 Å². The third kappa shape index (κ3) is 2.93. The van der Waals surface area contributed by atoms with Crippen molar-refractivity contribution in [1.82, 2.24) is 15.1 Å². The first kappa shape index (κ1) is 13.5. The summed E-state index contributed by atoms with van der Waals surface area (Å²) in [6, 6.07) is 0. The van der Waals surface area contributed by atoms with Gasteiger partial charge in [-0.3, -0.25) is 0 Å². The molecule has 0 saturated carbocycles. The zero-order valence-corrected chi connectivity index (χ0v) is 10.7. The lowest BCUT2D eigenvalue weighted by atomic mass is 10.4. The van der Waals surface area contributed by atoms with Gasteiger partial charge in [-0.1, -0.05) is 0 Å². The zero-order valence-electron chi connectivity index (χ0n) is 9.15. The third-order valence-corrected chi connectivity index (χ3v) is 3.60. The molecule has 0 aromatic carbocycles. The van der Waals surface area contributed by atoms with Crippen molar-refractivity contribution in [2.45, 2.75) is 17.5 Å². The minimum Gasteiger partial charge on any atom is -0.442 e. The lowest BCUT2D eigenvalue weighted by molar-refractivity contribution is -0.392. The first-order chi connectivity index (χ1) is 8.77. The first-order valence-electron chi connectivity index (χ1n) is 4.88. The molecule has 2 heterocycles. The Bertz CT molecular complexity index is 640. The topological polar surface area (TPSA) is 133 Å². The van der Waals surface area contributed by atoms with Gasteiger partial charge in [0, 0.05) is 10.7 Å². The molecule has 1 N–H and O–H groups in total. The predicted molar refractivity (Wildman–Crippen MR) is 60.2 cm³/mol. The van der Waals surface area contributed by atoms with Gasteiger partial charge in [-0.15, -0.1) is 0 Å². The Morgan fingerprint density at radius 3 is 2.79 bits per heavy atom. The van der Waals surface area contributed by atoms with Gasteiger partial charge in [0.05, 0.1) is 17.8 Å². The molecule has 19 heavy (non-hydrogen) atoms. The number of cyclic esters (lactones) is 1. The Morgan fingerprint density at radius 1 is 1.68 bits per heavy atom. The Balaban J connectivity index is 2.28. The van der Waals surface area contributed by atoms with Crippen LogP contribution in [-0.2, 0) is 20.3 Å². The van der Waals surface area contributed by atoms with E-state index in [0.717, 1.165) is 10.9 Å². The average Bonchev–Trinajstić information content (AvgIpc) is 2.85. The van der Waals surface area contributed by atoms with E-state index in [1.165, 1.54) is 0 Å². The molecular formula is C7H7ClN4O6S. The van der Waals surface area contributed by atoms with Crippen molar-refractivity contribution in [3.63, 3.8) is 0 Å². The number of carbonyl (C=O) groups is 1. The number of ether oxygens (including phenoxy) is 1.